The lowest BCUT2D eigenvalue weighted by Crippen LogP contribution is -2.61. The third kappa shape index (κ3) is 2.94. The van der Waals surface area contributed by atoms with Gasteiger partial charge in [0.1, 0.15) is 0 Å². The van der Waals surface area contributed by atoms with E-state index in [-0.39, 0.29) is 11.6 Å². The number of hydrogen-bond acceptors (Lipinski definition) is 4. The lowest BCUT2D eigenvalue weighted by atomic mass is 9.88. The maximum absolute atomic E-state index is 5.69. The van der Waals surface area contributed by atoms with Gasteiger partial charge in [0, 0.05) is 12.1 Å². The number of nitrogens with one attached hydrogen (secondary N) is 1. The molecule has 4 heteroatoms. The van der Waals surface area contributed by atoms with E-state index >= 15 is 0 Å². The summed E-state index contributed by atoms with van der Waals surface area (Å²) >= 11 is 0. The molecule has 1 rings (SSSR count). The van der Waals surface area contributed by atoms with Gasteiger partial charge in [-0.15, -0.1) is 0 Å². The molecule has 4 nitrogen and oxygen atoms in total. The molecule has 3 N–H and O–H groups in total. The molecule has 1 fully saturated rings. The van der Waals surface area contributed by atoms with Gasteiger partial charge in [-0.05, 0) is 46.2 Å². The van der Waals surface area contributed by atoms with Gasteiger partial charge in [-0.1, -0.05) is 6.92 Å². The molecule has 16 heavy (non-hydrogen) atoms. The topological polar surface area (TPSA) is 50.5 Å². The zero-order valence-electron chi connectivity index (χ0n) is 11.0. The van der Waals surface area contributed by atoms with E-state index in [0.29, 0.717) is 6.61 Å². The average Bonchev–Trinajstić information content (AvgIpc) is 2.83. The van der Waals surface area contributed by atoms with Gasteiger partial charge in [-0.3, -0.25) is 16.2 Å². The predicted octanol–water partition coefficient (Wildman–Crippen LogP) is 1.12. The van der Waals surface area contributed by atoms with Crippen molar-refractivity contribution in [3.05, 3.63) is 0 Å². The lowest BCUT2D eigenvalue weighted by Gasteiger charge is -2.44. The van der Waals surface area contributed by atoms with Crippen LogP contribution in [-0.4, -0.2) is 42.8 Å². The van der Waals surface area contributed by atoms with Crippen molar-refractivity contribution in [1.29, 1.82) is 0 Å². The third-order valence-electron chi connectivity index (χ3n) is 3.98. The fraction of sp³-hybridized carbons (Fsp3) is 1.00. The van der Waals surface area contributed by atoms with Gasteiger partial charge in [-0.25, -0.2) is 0 Å². The Morgan fingerprint density at radius 1 is 1.38 bits per heavy atom. The minimum atomic E-state index is 0.112. The van der Waals surface area contributed by atoms with Crippen LogP contribution in [0.25, 0.3) is 0 Å². The second-order valence-corrected chi connectivity index (χ2v) is 4.78. The van der Waals surface area contributed by atoms with Crippen molar-refractivity contribution in [2.75, 3.05) is 26.3 Å². The largest absolute Gasteiger partial charge is 0.380 e. The van der Waals surface area contributed by atoms with Crippen LogP contribution in [0.1, 0.15) is 40.0 Å². The molecule has 2 unspecified atom stereocenters. The molecule has 0 aromatic rings. The third-order valence-corrected chi connectivity index (χ3v) is 3.98. The van der Waals surface area contributed by atoms with Crippen molar-refractivity contribution >= 4 is 0 Å². The average molecular weight is 229 g/mol. The molecular formula is C12H27N3O. The van der Waals surface area contributed by atoms with E-state index in [1.54, 1.807) is 0 Å². The number of likely N-dealkylation sites (tertiary alicyclic amines) is 1. The van der Waals surface area contributed by atoms with Crippen molar-refractivity contribution in [1.82, 2.24) is 10.3 Å². The summed E-state index contributed by atoms with van der Waals surface area (Å²) < 4.78 is 5.52. The smallest absolute Gasteiger partial charge is 0.0650 e. The van der Waals surface area contributed by atoms with Gasteiger partial charge >= 0.3 is 0 Å². The Bertz CT molecular complexity index is 195. The molecular weight excluding hydrogens is 202 g/mol. The van der Waals surface area contributed by atoms with Crippen LogP contribution in [0.5, 0.6) is 0 Å². The predicted molar refractivity (Wildman–Crippen MR) is 67.1 cm³/mol. The number of nitrogens with two attached hydrogens (primary N) is 1. The zero-order chi connectivity index (χ0) is 12.0. The summed E-state index contributed by atoms with van der Waals surface area (Å²) in [7, 11) is 0. The van der Waals surface area contributed by atoms with Gasteiger partial charge in [0.05, 0.1) is 12.6 Å². The number of ether oxygens (including phenoxy) is 1. The minimum absolute atomic E-state index is 0.112. The lowest BCUT2D eigenvalue weighted by molar-refractivity contribution is 0.0278. The van der Waals surface area contributed by atoms with Crippen molar-refractivity contribution in [3.8, 4) is 0 Å². The van der Waals surface area contributed by atoms with Gasteiger partial charge in [0.15, 0.2) is 0 Å². The molecule has 1 heterocycles. The number of hydrazine groups is 1. The highest BCUT2D eigenvalue weighted by atomic mass is 16.5. The van der Waals surface area contributed by atoms with Crippen LogP contribution in [0.2, 0.25) is 0 Å². The fourth-order valence-electron chi connectivity index (χ4n) is 2.56. The molecule has 0 radical (unpaired) electrons. The van der Waals surface area contributed by atoms with Crippen LogP contribution in [0.3, 0.4) is 0 Å². The number of rotatable bonds is 7. The molecule has 0 aromatic carbocycles. The first-order chi connectivity index (χ1) is 7.69. The van der Waals surface area contributed by atoms with Crippen LogP contribution >= 0.6 is 0 Å². The molecule has 2 atom stereocenters. The van der Waals surface area contributed by atoms with E-state index < -0.39 is 0 Å². The Labute approximate surface area is 99.5 Å². The first-order valence-corrected chi connectivity index (χ1v) is 6.48. The van der Waals surface area contributed by atoms with E-state index in [9.17, 15) is 0 Å². The summed E-state index contributed by atoms with van der Waals surface area (Å²) in [5.74, 6) is 5.69. The van der Waals surface area contributed by atoms with Crippen LogP contribution in [0.15, 0.2) is 0 Å². The summed E-state index contributed by atoms with van der Waals surface area (Å²) in [6.45, 7) is 10.4. The van der Waals surface area contributed by atoms with E-state index in [1.807, 2.05) is 6.92 Å². The number of nitrogens with zero attached hydrogens (tertiary/aromatic N) is 1. The van der Waals surface area contributed by atoms with Gasteiger partial charge < -0.3 is 4.74 Å². The molecule has 1 aliphatic heterocycles. The van der Waals surface area contributed by atoms with E-state index in [1.165, 1.54) is 25.9 Å². The molecule has 0 spiro atoms. The van der Waals surface area contributed by atoms with Gasteiger partial charge in [-0.2, -0.15) is 0 Å². The molecule has 0 aromatic heterocycles. The molecule has 0 aliphatic carbocycles. The van der Waals surface area contributed by atoms with Crippen LogP contribution < -0.4 is 11.3 Å². The van der Waals surface area contributed by atoms with Crippen molar-refractivity contribution in [3.63, 3.8) is 0 Å². The van der Waals surface area contributed by atoms with Crippen molar-refractivity contribution in [2.45, 2.75) is 51.6 Å². The second kappa shape index (κ2) is 6.55. The monoisotopic (exact) mass is 229 g/mol. The van der Waals surface area contributed by atoms with Crippen molar-refractivity contribution < 1.29 is 4.74 Å². The summed E-state index contributed by atoms with van der Waals surface area (Å²) in [4.78, 5) is 2.55. The summed E-state index contributed by atoms with van der Waals surface area (Å²) in [6, 6.07) is 0.204. The maximum atomic E-state index is 5.69. The molecule has 96 valence electrons. The summed E-state index contributed by atoms with van der Waals surface area (Å²) in [6.07, 6.45) is 3.71. The Kier molecular flexibility index (Phi) is 5.69. The molecule has 0 saturated carbocycles. The highest BCUT2D eigenvalue weighted by molar-refractivity contribution is 4.97. The Morgan fingerprint density at radius 3 is 2.44 bits per heavy atom. The highest BCUT2D eigenvalue weighted by Crippen LogP contribution is 2.27. The minimum Gasteiger partial charge on any atom is -0.380 e. The zero-order valence-corrected chi connectivity index (χ0v) is 11.0. The first kappa shape index (κ1) is 13.9. The Balaban J connectivity index is 2.66. The van der Waals surface area contributed by atoms with Gasteiger partial charge in [0.2, 0.25) is 0 Å². The highest BCUT2D eigenvalue weighted by Gasteiger charge is 2.38. The van der Waals surface area contributed by atoms with Crippen molar-refractivity contribution in [2.24, 2.45) is 5.84 Å². The van der Waals surface area contributed by atoms with Crippen LogP contribution in [-0.2, 0) is 4.74 Å². The SMILES string of the molecule is CCOCC(NN)C(C)(CC)N1CCCC1. The first-order valence-electron chi connectivity index (χ1n) is 6.48. The molecule has 0 amide bonds. The maximum Gasteiger partial charge on any atom is 0.0650 e. The Hall–Kier alpha value is -0.160. The quantitative estimate of drug-likeness (QED) is 0.507. The van der Waals surface area contributed by atoms with E-state index in [2.05, 4.69) is 24.2 Å². The second-order valence-electron chi connectivity index (χ2n) is 4.78. The standard InChI is InChI=1S/C12H27N3O/c1-4-12(3,15-8-6-7-9-15)11(14-13)10-16-5-2/h11,14H,4-10,13H2,1-3H3. The molecule has 1 saturated heterocycles. The normalized spacial score (nSPS) is 23.2. The summed E-state index contributed by atoms with van der Waals surface area (Å²) in [5, 5.41) is 0. The number of hydrogen-bond donors (Lipinski definition) is 2. The van der Waals surface area contributed by atoms with E-state index in [4.69, 9.17) is 10.6 Å². The van der Waals surface area contributed by atoms with Gasteiger partial charge in [0.25, 0.3) is 0 Å². The fourth-order valence-corrected chi connectivity index (χ4v) is 2.56. The van der Waals surface area contributed by atoms with E-state index in [0.717, 1.165) is 13.0 Å². The van der Waals surface area contributed by atoms with Crippen LogP contribution in [0, 0.1) is 0 Å². The van der Waals surface area contributed by atoms with Crippen LogP contribution in [0.4, 0.5) is 0 Å². The summed E-state index contributed by atoms with van der Waals surface area (Å²) in [5.41, 5.74) is 3.05. The molecule has 0 bridgehead atoms. The molecule has 1 aliphatic rings. The Morgan fingerprint density at radius 2 is 2.00 bits per heavy atom.